The van der Waals surface area contributed by atoms with Crippen molar-refractivity contribution >= 4 is 43.9 Å². The molecule has 0 radical (unpaired) electrons. The highest BCUT2D eigenvalue weighted by atomic mass is 79.9. The number of phenols is 1. The Kier molecular flexibility index (Phi) is 4.63. The third kappa shape index (κ3) is 3.54. The maximum absolute atomic E-state index is 9.89. The lowest BCUT2D eigenvalue weighted by molar-refractivity contribution is 0.474. The van der Waals surface area contributed by atoms with E-state index in [9.17, 15) is 5.11 Å². The first-order chi connectivity index (χ1) is 11.0. The first-order valence-corrected chi connectivity index (χ1v) is 8.46. The molecule has 0 spiro atoms. The highest BCUT2D eigenvalue weighted by Crippen LogP contribution is 2.33. The lowest BCUT2D eigenvalue weighted by Gasteiger charge is -2.02. The van der Waals surface area contributed by atoms with Gasteiger partial charge in [0, 0.05) is 32.0 Å². The van der Waals surface area contributed by atoms with Crippen molar-refractivity contribution in [3.63, 3.8) is 0 Å². The second kappa shape index (κ2) is 6.68. The zero-order valence-corrected chi connectivity index (χ0v) is 15.4. The molecule has 0 unspecified atom stereocenters. The molecule has 0 bridgehead atoms. The summed E-state index contributed by atoms with van der Waals surface area (Å²) in [5.41, 5.74) is 3.53. The summed E-state index contributed by atoms with van der Waals surface area (Å²) in [5, 5.41) is 17.1. The van der Waals surface area contributed by atoms with E-state index in [0.717, 1.165) is 25.8 Å². The number of aromatic amines is 1. The highest BCUT2D eigenvalue weighted by Gasteiger charge is 2.12. The molecule has 0 aliphatic rings. The monoisotopic (exact) mass is 433 g/mol. The molecule has 1 heterocycles. The number of nitrogens with zero attached hydrogens (tertiary/aromatic N) is 2. The summed E-state index contributed by atoms with van der Waals surface area (Å²) in [7, 11) is 0. The average molecular weight is 435 g/mol. The Labute approximate surface area is 150 Å². The predicted octanol–water partition coefficient (Wildman–Crippen LogP) is 5.37. The molecule has 0 amide bonds. The lowest BCUT2D eigenvalue weighted by atomic mass is 10.1. The summed E-state index contributed by atoms with van der Waals surface area (Å²) in [6.07, 6.45) is 1.61. The van der Waals surface area contributed by atoms with Gasteiger partial charge in [-0.3, -0.25) is 5.10 Å². The molecule has 2 N–H and O–H groups in total. The van der Waals surface area contributed by atoms with Crippen molar-refractivity contribution in [2.45, 2.75) is 6.92 Å². The third-order valence-electron chi connectivity index (χ3n) is 3.36. The van der Waals surface area contributed by atoms with E-state index in [1.54, 1.807) is 24.4 Å². The molecule has 6 heteroatoms. The molecule has 0 aliphatic carbocycles. The van der Waals surface area contributed by atoms with Gasteiger partial charge in [-0.25, -0.2) is 4.99 Å². The van der Waals surface area contributed by atoms with Gasteiger partial charge < -0.3 is 5.11 Å². The maximum atomic E-state index is 9.89. The summed E-state index contributed by atoms with van der Waals surface area (Å²) >= 11 is 6.87. The van der Waals surface area contributed by atoms with Crippen LogP contribution in [0.25, 0.3) is 11.1 Å². The van der Waals surface area contributed by atoms with Crippen LogP contribution >= 0.6 is 31.9 Å². The molecule has 2 aromatic carbocycles. The quantitative estimate of drug-likeness (QED) is 0.544. The van der Waals surface area contributed by atoms with Crippen LogP contribution in [0, 0.1) is 6.92 Å². The van der Waals surface area contributed by atoms with E-state index in [-0.39, 0.29) is 5.75 Å². The highest BCUT2D eigenvalue weighted by molar-refractivity contribution is 9.10. The van der Waals surface area contributed by atoms with E-state index in [1.807, 2.05) is 31.2 Å². The van der Waals surface area contributed by atoms with Gasteiger partial charge in [0.2, 0.25) is 0 Å². The number of aryl methyl sites for hydroxylation is 1. The Morgan fingerprint density at radius 1 is 1.13 bits per heavy atom. The number of H-pyrrole nitrogens is 1. The van der Waals surface area contributed by atoms with Crippen LogP contribution in [0.15, 0.2) is 56.4 Å². The second-order valence-electron chi connectivity index (χ2n) is 5.02. The molecule has 0 saturated heterocycles. The lowest BCUT2D eigenvalue weighted by Crippen LogP contribution is -1.84. The molecule has 0 aliphatic heterocycles. The Morgan fingerprint density at radius 2 is 1.91 bits per heavy atom. The number of aromatic nitrogens is 2. The number of benzene rings is 2. The summed E-state index contributed by atoms with van der Waals surface area (Å²) in [6.45, 7) is 1.96. The maximum Gasteiger partial charge on any atom is 0.181 e. The number of halogens is 2. The van der Waals surface area contributed by atoms with Gasteiger partial charge in [-0.15, -0.1) is 0 Å². The van der Waals surface area contributed by atoms with Crippen molar-refractivity contribution in [3.05, 3.63) is 62.7 Å². The number of phenolic OH excluding ortho intramolecular Hbond substituents is 1. The standard InChI is InChI=1S/C17H13Br2N3O/c1-10-16(11-3-2-4-13(18)7-11)17(22-21-10)20-9-12-8-14(19)5-6-15(12)23/h2-9,23H,1H3,(H,21,22). The normalized spacial score (nSPS) is 11.3. The van der Waals surface area contributed by atoms with E-state index in [0.29, 0.717) is 11.4 Å². The average Bonchev–Trinajstić information content (AvgIpc) is 2.89. The van der Waals surface area contributed by atoms with E-state index in [1.165, 1.54) is 0 Å². The SMILES string of the molecule is Cc1[nH]nc(N=Cc2cc(Br)ccc2O)c1-c1cccc(Br)c1. The summed E-state index contributed by atoms with van der Waals surface area (Å²) in [6, 6.07) is 13.2. The van der Waals surface area contributed by atoms with E-state index >= 15 is 0 Å². The summed E-state index contributed by atoms with van der Waals surface area (Å²) in [5.74, 6) is 0.758. The number of aromatic hydroxyl groups is 1. The number of hydrogen-bond donors (Lipinski definition) is 2. The van der Waals surface area contributed by atoms with Crippen LogP contribution in [-0.2, 0) is 0 Å². The minimum absolute atomic E-state index is 0.174. The molecule has 0 atom stereocenters. The third-order valence-corrected chi connectivity index (χ3v) is 4.34. The van der Waals surface area contributed by atoms with Crippen LogP contribution in [0.2, 0.25) is 0 Å². The van der Waals surface area contributed by atoms with Gasteiger partial charge in [-0.1, -0.05) is 44.0 Å². The Hall–Kier alpha value is -1.92. The summed E-state index contributed by atoms with van der Waals surface area (Å²) in [4.78, 5) is 4.44. The molecule has 1 aromatic heterocycles. The van der Waals surface area contributed by atoms with Crippen molar-refractivity contribution in [2.24, 2.45) is 4.99 Å². The number of rotatable bonds is 3. The molecule has 4 nitrogen and oxygen atoms in total. The number of hydrogen-bond acceptors (Lipinski definition) is 3. The zero-order valence-electron chi connectivity index (χ0n) is 12.2. The molecular weight excluding hydrogens is 422 g/mol. The molecule has 0 fully saturated rings. The number of nitrogens with one attached hydrogen (secondary N) is 1. The molecule has 116 valence electrons. The predicted molar refractivity (Wildman–Crippen MR) is 99.5 cm³/mol. The molecule has 3 rings (SSSR count). The minimum Gasteiger partial charge on any atom is -0.507 e. The molecule has 23 heavy (non-hydrogen) atoms. The van der Waals surface area contributed by atoms with Gasteiger partial charge in [-0.05, 0) is 42.8 Å². The van der Waals surface area contributed by atoms with Gasteiger partial charge in [0.25, 0.3) is 0 Å². The van der Waals surface area contributed by atoms with Gasteiger partial charge >= 0.3 is 0 Å². The second-order valence-corrected chi connectivity index (χ2v) is 6.85. The van der Waals surface area contributed by atoms with Gasteiger partial charge in [0.05, 0.1) is 0 Å². The summed E-state index contributed by atoms with van der Waals surface area (Å²) < 4.78 is 1.87. The Balaban J connectivity index is 2.02. The largest absolute Gasteiger partial charge is 0.507 e. The van der Waals surface area contributed by atoms with Crippen molar-refractivity contribution in [3.8, 4) is 16.9 Å². The number of aliphatic imine (C=N–C) groups is 1. The van der Waals surface area contributed by atoms with Crippen molar-refractivity contribution in [2.75, 3.05) is 0 Å². The molecule has 3 aromatic rings. The van der Waals surface area contributed by atoms with E-state index in [4.69, 9.17) is 0 Å². The van der Waals surface area contributed by atoms with E-state index in [2.05, 4.69) is 47.0 Å². The van der Waals surface area contributed by atoms with E-state index < -0.39 is 0 Å². The Morgan fingerprint density at radius 3 is 2.70 bits per heavy atom. The van der Waals surface area contributed by atoms with Crippen LogP contribution in [0.1, 0.15) is 11.3 Å². The van der Waals surface area contributed by atoms with Crippen LogP contribution < -0.4 is 0 Å². The van der Waals surface area contributed by atoms with Gasteiger partial charge in [0.1, 0.15) is 5.75 Å². The van der Waals surface area contributed by atoms with Crippen molar-refractivity contribution in [1.29, 1.82) is 0 Å². The first kappa shape index (κ1) is 16.0. The topological polar surface area (TPSA) is 61.3 Å². The van der Waals surface area contributed by atoms with Crippen molar-refractivity contribution in [1.82, 2.24) is 10.2 Å². The molecule has 0 saturated carbocycles. The minimum atomic E-state index is 0.174. The molecular formula is C17H13Br2N3O. The fraction of sp³-hybridized carbons (Fsp3) is 0.0588. The smallest absolute Gasteiger partial charge is 0.181 e. The Bertz CT molecular complexity index is 887. The van der Waals surface area contributed by atoms with Gasteiger partial charge in [-0.2, -0.15) is 5.10 Å². The fourth-order valence-electron chi connectivity index (χ4n) is 2.26. The van der Waals surface area contributed by atoms with Crippen LogP contribution in [0.4, 0.5) is 5.82 Å². The zero-order chi connectivity index (χ0) is 16.4. The van der Waals surface area contributed by atoms with Crippen LogP contribution in [-0.4, -0.2) is 21.5 Å². The first-order valence-electron chi connectivity index (χ1n) is 6.88. The fourth-order valence-corrected chi connectivity index (χ4v) is 3.04. The van der Waals surface area contributed by atoms with Crippen LogP contribution in [0.3, 0.4) is 0 Å². The van der Waals surface area contributed by atoms with Crippen molar-refractivity contribution < 1.29 is 5.11 Å². The van der Waals surface area contributed by atoms with Gasteiger partial charge in [0.15, 0.2) is 5.82 Å². The van der Waals surface area contributed by atoms with Crippen LogP contribution in [0.5, 0.6) is 5.75 Å².